The second-order valence-electron chi connectivity index (χ2n) is 8.13. The lowest BCUT2D eigenvalue weighted by Gasteiger charge is -2.31. The zero-order valence-electron chi connectivity index (χ0n) is 19.0. The number of pyridine rings is 1. The quantitative estimate of drug-likeness (QED) is 0.484. The Hall–Kier alpha value is -2.39. The van der Waals surface area contributed by atoms with Crippen molar-refractivity contribution in [1.82, 2.24) is 15.2 Å². The van der Waals surface area contributed by atoms with E-state index in [0.717, 1.165) is 34.4 Å². The largest absolute Gasteiger partial charge is 0.366 e. The molecule has 1 aliphatic heterocycles. The standard InChI is InChI=1S/C24H28Br2N4O3/c1-5-21(31)29-8-7-17(13-29)30(6-2)20-11-16(25)10-18(22(20)26)23(32)27-12-19-14(3)9-15(4)28-24(19)33/h5,9-11,17H,1,6-8,12-13H2,2-4H3,(H,27,32)(H,28,33). The summed E-state index contributed by atoms with van der Waals surface area (Å²) in [5.41, 5.74) is 3.30. The topological polar surface area (TPSA) is 85.5 Å². The van der Waals surface area contributed by atoms with Gasteiger partial charge in [0.2, 0.25) is 5.91 Å². The van der Waals surface area contributed by atoms with Crippen LogP contribution in [0.3, 0.4) is 0 Å². The summed E-state index contributed by atoms with van der Waals surface area (Å²) in [6.07, 6.45) is 2.18. The van der Waals surface area contributed by atoms with Crippen molar-refractivity contribution < 1.29 is 9.59 Å². The molecule has 0 spiro atoms. The minimum Gasteiger partial charge on any atom is -0.366 e. The van der Waals surface area contributed by atoms with E-state index in [0.29, 0.717) is 28.7 Å². The molecule has 7 nitrogen and oxygen atoms in total. The number of H-pyrrole nitrogens is 1. The number of carbonyl (C=O) groups is 2. The molecule has 1 saturated heterocycles. The molecule has 0 aliphatic carbocycles. The fourth-order valence-electron chi connectivity index (χ4n) is 4.26. The molecule has 2 aromatic rings. The summed E-state index contributed by atoms with van der Waals surface area (Å²) in [5.74, 6) is -0.349. The van der Waals surface area contributed by atoms with Gasteiger partial charge in [-0.2, -0.15) is 0 Å². The van der Waals surface area contributed by atoms with Gasteiger partial charge in [0.25, 0.3) is 11.5 Å². The molecular weight excluding hydrogens is 552 g/mol. The number of benzene rings is 1. The molecule has 1 aliphatic rings. The summed E-state index contributed by atoms with van der Waals surface area (Å²) < 4.78 is 1.44. The van der Waals surface area contributed by atoms with Crippen molar-refractivity contribution in [2.45, 2.75) is 39.8 Å². The summed E-state index contributed by atoms with van der Waals surface area (Å²) in [5, 5.41) is 2.88. The van der Waals surface area contributed by atoms with Crippen molar-refractivity contribution in [3.63, 3.8) is 0 Å². The first-order chi connectivity index (χ1) is 15.7. The van der Waals surface area contributed by atoms with Crippen molar-refractivity contribution in [3.05, 3.63) is 72.5 Å². The van der Waals surface area contributed by atoms with Crippen molar-refractivity contribution in [3.8, 4) is 0 Å². The van der Waals surface area contributed by atoms with E-state index in [9.17, 15) is 14.4 Å². The van der Waals surface area contributed by atoms with E-state index in [4.69, 9.17) is 0 Å². The second kappa shape index (κ2) is 10.7. The monoisotopic (exact) mass is 578 g/mol. The summed E-state index contributed by atoms with van der Waals surface area (Å²) >= 11 is 7.17. The lowest BCUT2D eigenvalue weighted by atomic mass is 10.1. The number of amides is 2. The minimum absolute atomic E-state index is 0.0664. The molecule has 3 rings (SSSR count). The highest BCUT2D eigenvalue weighted by Gasteiger charge is 2.31. The van der Waals surface area contributed by atoms with Crippen molar-refractivity contribution in [1.29, 1.82) is 0 Å². The smallest absolute Gasteiger partial charge is 0.253 e. The van der Waals surface area contributed by atoms with E-state index in [2.05, 4.69) is 60.6 Å². The van der Waals surface area contributed by atoms with Crippen LogP contribution in [0.1, 0.15) is 40.5 Å². The average molecular weight is 580 g/mol. The Morgan fingerprint density at radius 3 is 2.67 bits per heavy atom. The number of hydrogen-bond acceptors (Lipinski definition) is 4. The zero-order valence-corrected chi connectivity index (χ0v) is 22.2. The van der Waals surface area contributed by atoms with Gasteiger partial charge in [0, 0.05) is 48.0 Å². The van der Waals surface area contributed by atoms with E-state index in [-0.39, 0.29) is 30.0 Å². The second-order valence-corrected chi connectivity index (χ2v) is 9.84. The molecule has 1 unspecified atom stereocenters. The lowest BCUT2D eigenvalue weighted by molar-refractivity contribution is -0.125. The summed E-state index contributed by atoms with van der Waals surface area (Å²) in [6, 6.07) is 5.74. The van der Waals surface area contributed by atoms with Gasteiger partial charge in [0.1, 0.15) is 0 Å². The number of nitrogens with one attached hydrogen (secondary N) is 2. The Bertz CT molecular complexity index is 1150. The molecule has 9 heteroatoms. The Labute approximate surface area is 210 Å². The maximum Gasteiger partial charge on any atom is 0.253 e. The molecule has 2 N–H and O–H groups in total. The molecular formula is C24H28Br2N4O3. The number of hydrogen-bond donors (Lipinski definition) is 2. The van der Waals surface area contributed by atoms with E-state index >= 15 is 0 Å². The summed E-state index contributed by atoms with van der Waals surface area (Å²) in [4.78, 5) is 44.2. The molecule has 0 radical (unpaired) electrons. The Morgan fingerprint density at radius 2 is 2.03 bits per heavy atom. The first-order valence-electron chi connectivity index (χ1n) is 10.8. The number of aryl methyl sites for hydroxylation is 2. The van der Waals surface area contributed by atoms with Gasteiger partial charge in [0.15, 0.2) is 0 Å². The number of halogens is 2. The normalized spacial score (nSPS) is 15.4. The molecule has 0 saturated carbocycles. The fraction of sp³-hybridized carbons (Fsp3) is 0.375. The maximum atomic E-state index is 13.1. The van der Waals surface area contributed by atoms with Crippen LogP contribution in [-0.2, 0) is 11.3 Å². The van der Waals surface area contributed by atoms with Gasteiger partial charge in [-0.25, -0.2) is 0 Å². The molecule has 1 aromatic carbocycles. The van der Waals surface area contributed by atoms with Crippen LogP contribution in [0.15, 0.2) is 44.6 Å². The van der Waals surface area contributed by atoms with Gasteiger partial charge in [-0.05, 0) is 73.0 Å². The average Bonchev–Trinajstić information content (AvgIpc) is 3.24. The molecule has 33 heavy (non-hydrogen) atoms. The Kier molecular flexibility index (Phi) is 8.18. The van der Waals surface area contributed by atoms with Crippen LogP contribution >= 0.6 is 31.9 Å². The molecule has 2 amide bonds. The number of aromatic nitrogens is 1. The molecule has 0 bridgehead atoms. The first kappa shape index (κ1) is 25.2. The molecule has 1 aromatic heterocycles. The van der Waals surface area contributed by atoms with Gasteiger partial charge >= 0.3 is 0 Å². The third-order valence-electron chi connectivity index (χ3n) is 5.92. The van der Waals surface area contributed by atoms with Crippen LogP contribution in [0.5, 0.6) is 0 Å². The molecule has 1 fully saturated rings. The van der Waals surface area contributed by atoms with Gasteiger partial charge in [-0.15, -0.1) is 0 Å². The highest BCUT2D eigenvalue weighted by molar-refractivity contribution is 9.11. The predicted octanol–water partition coefficient (Wildman–Crippen LogP) is 4.06. The van der Waals surface area contributed by atoms with Crippen LogP contribution in [0.4, 0.5) is 5.69 Å². The zero-order chi connectivity index (χ0) is 24.3. The third-order valence-corrected chi connectivity index (χ3v) is 7.21. The number of rotatable bonds is 7. The fourth-order valence-corrected chi connectivity index (χ4v) is 5.35. The van der Waals surface area contributed by atoms with Crippen molar-refractivity contribution >= 4 is 49.4 Å². The van der Waals surface area contributed by atoms with Crippen LogP contribution < -0.4 is 15.8 Å². The number of nitrogens with zero attached hydrogens (tertiary/aromatic N) is 2. The van der Waals surface area contributed by atoms with Gasteiger partial charge < -0.3 is 20.1 Å². The van der Waals surface area contributed by atoms with E-state index in [1.54, 1.807) is 11.0 Å². The molecule has 176 valence electrons. The van der Waals surface area contributed by atoms with Gasteiger partial charge in [0.05, 0.1) is 15.7 Å². The number of aromatic amines is 1. The molecule has 2 heterocycles. The van der Waals surface area contributed by atoms with Gasteiger partial charge in [-0.1, -0.05) is 22.5 Å². The number of anilines is 1. The number of likely N-dealkylation sites (tertiary alicyclic amines) is 1. The SMILES string of the molecule is C=CC(=O)N1CCC(N(CC)c2cc(Br)cc(C(=O)NCc3c(C)cc(C)[nH]c3=O)c2Br)C1. The van der Waals surface area contributed by atoms with E-state index < -0.39 is 0 Å². The lowest BCUT2D eigenvalue weighted by Crippen LogP contribution is -2.39. The Balaban J connectivity index is 1.84. The maximum absolute atomic E-state index is 13.1. The molecule has 1 atom stereocenters. The first-order valence-corrected chi connectivity index (χ1v) is 12.4. The van der Waals surface area contributed by atoms with E-state index in [1.807, 2.05) is 26.0 Å². The highest BCUT2D eigenvalue weighted by Crippen LogP contribution is 2.36. The van der Waals surface area contributed by atoms with Crippen LogP contribution in [0.2, 0.25) is 0 Å². The predicted molar refractivity (Wildman–Crippen MR) is 138 cm³/mol. The summed E-state index contributed by atoms with van der Waals surface area (Å²) in [6.45, 7) is 11.5. The van der Waals surface area contributed by atoms with Crippen molar-refractivity contribution in [2.24, 2.45) is 0 Å². The van der Waals surface area contributed by atoms with Gasteiger partial charge in [-0.3, -0.25) is 14.4 Å². The highest BCUT2D eigenvalue weighted by atomic mass is 79.9. The van der Waals surface area contributed by atoms with E-state index in [1.165, 1.54) is 6.08 Å². The summed E-state index contributed by atoms with van der Waals surface area (Å²) in [7, 11) is 0. The van der Waals surface area contributed by atoms with Crippen LogP contribution in [0.25, 0.3) is 0 Å². The van der Waals surface area contributed by atoms with Crippen LogP contribution in [-0.4, -0.2) is 47.4 Å². The number of likely N-dealkylation sites (N-methyl/N-ethyl adjacent to an activating group) is 1. The van der Waals surface area contributed by atoms with Crippen molar-refractivity contribution in [2.75, 3.05) is 24.5 Å². The minimum atomic E-state index is -0.283. The third kappa shape index (κ3) is 5.58. The number of carbonyl (C=O) groups excluding carboxylic acids is 2. The Morgan fingerprint density at radius 1 is 1.30 bits per heavy atom. The van der Waals surface area contributed by atoms with Crippen LogP contribution in [0, 0.1) is 13.8 Å².